The Balaban J connectivity index is 1.64. The van der Waals surface area contributed by atoms with E-state index in [0.717, 1.165) is 23.5 Å². The molecule has 3 aromatic rings. The lowest BCUT2D eigenvalue weighted by Gasteiger charge is -1.99. The van der Waals surface area contributed by atoms with Gasteiger partial charge in [0.2, 0.25) is 5.78 Å². The minimum absolute atomic E-state index is 0.168. The third-order valence-corrected chi connectivity index (χ3v) is 3.87. The highest BCUT2D eigenvalue weighted by atomic mass is 32.1. The van der Waals surface area contributed by atoms with E-state index >= 15 is 0 Å². The van der Waals surface area contributed by atoms with Gasteiger partial charge in [0.05, 0.1) is 17.2 Å². The van der Waals surface area contributed by atoms with E-state index in [1.54, 1.807) is 11.6 Å². The van der Waals surface area contributed by atoms with Crippen molar-refractivity contribution in [3.05, 3.63) is 46.4 Å². The zero-order chi connectivity index (χ0) is 14.7. The first kappa shape index (κ1) is 13.7. The van der Waals surface area contributed by atoms with Crippen molar-refractivity contribution in [3.63, 3.8) is 0 Å². The van der Waals surface area contributed by atoms with E-state index in [0.29, 0.717) is 18.0 Å². The molecule has 0 aliphatic heterocycles. The minimum atomic E-state index is -0.168. The molecule has 6 nitrogen and oxygen atoms in total. The van der Waals surface area contributed by atoms with Gasteiger partial charge in [0, 0.05) is 24.0 Å². The molecule has 0 fully saturated rings. The number of hydrogen-bond acceptors (Lipinski definition) is 5. The van der Waals surface area contributed by atoms with Crippen molar-refractivity contribution < 1.29 is 4.79 Å². The van der Waals surface area contributed by atoms with Crippen molar-refractivity contribution in [1.82, 2.24) is 24.7 Å². The van der Waals surface area contributed by atoms with Gasteiger partial charge in [0.25, 0.3) is 5.91 Å². The maximum atomic E-state index is 12.0. The number of aromatic nitrogens is 4. The van der Waals surface area contributed by atoms with E-state index in [-0.39, 0.29) is 5.91 Å². The molecule has 0 radical (unpaired) electrons. The van der Waals surface area contributed by atoms with Crippen LogP contribution in [-0.2, 0) is 13.0 Å². The Morgan fingerprint density at radius 3 is 3.14 bits per heavy atom. The highest BCUT2D eigenvalue weighted by Gasteiger charge is 2.11. The van der Waals surface area contributed by atoms with Crippen LogP contribution in [0, 0.1) is 0 Å². The summed E-state index contributed by atoms with van der Waals surface area (Å²) in [5, 5.41) is 5.63. The number of imidazole rings is 1. The first-order valence-corrected chi connectivity index (χ1v) is 7.65. The van der Waals surface area contributed by atoms with Crippen LogP contribution in [0.2, 0.25) is 0 Å². The zero-order valence-electron chi connectivity index (χ0n) is 11.6. The number of carbonyl (C=O) groups is 1. The molecular formula is C14H15N5OS. The van der Waals surface area contributed by atoms with E-state index in [9.17, 15) is 4.79 Å². The molecule has 0 saturated heterocycles. The lowest BCUT2D eigenvalue weighted by atomic mass is 10.3. The number of aryl methyl sites for hydroxylation is 1. The summed E-state index contributed by atoms with van der Waals surface area (Å²) >= 11 is 1.53. The van der Waals surface area contributed by atoms with E-state index in [4.69, 9.17) is 0 Å². The quantitative estimate of drug-likeness (QED) is 0.783. The van der Waals surface area contributed by atoms with Gasteiger partial charge in [-0.05, 0) is 18.9 Å². The Kier molecular flexibility index (Phi) is 3.92. The van der Waals surface area contributed by atoms with E-state index in [2.05, 4.69) is 27.2 Å². The van der Waals surface area contributed by atoms with Crippen molar-refractivity contribution in [1.29, 1.82) is 0 Å². The minimum Gasteiger partial charge on any atom is -0.345 e. The fourth-order valence-electron chi connectivity index (χ4n) is 1.97. The Labute approximate surface area is 125 Å². The third-order valence-electron chi connectivity index (χ3n) is 2.96. The van der Waals surface area contributed by atoms with Gasteiger partial charge in [0.15, 0.2) is 0 Å². The molecule has 0 saturated carbocycles. The lowest BCUT2D eigenvalue weighted by Crippen LogP contribution is -2.23. The van der Waals surface area contributed by atoms with Crippen molar-refractivity contribution in [2.24, 2.45) is 0 Å². The van der Waals surface area contributed by atoms with Crippen molar-refractivity contribution in [2.75, 3.05) is 0 Å². The number of nitrogens with one attached hydrogen (secondary N) is 1. The summed E-state index contributed by atoms with van der Waals surface area (Å²) in [5.41, 5.74) is 1.25. The van der Waals surface area contributed by atoms with Gasteiger partial charge >= 0.3 is 0 Å². The lowest BCUT2D eigenvalue weighted by molar-refractivity contribution is 0.0946. The van der Waals surface area contributed by atoms with Crippen LogP contribution in [0.25, 0.3) is 5.78 Å². The molecule has 0 aliphatic carbocycles. The Morgan fingerprint density at radius 1 is 1.43 bits per heavy atom. The summed E-state index contributed by atoms with van der Waals surface area (Å²) < 4.78 is 1.82. The Hall–Kier alpha value is -2.28. The van der Waals surface area contributed by atoms with Crippen LogP contribution in [0.4, 0.5) is 0 Å². The van der Waals surface area contributed by atoms with E-state index in [1.807, 2.05) is 22.9 Å². The highest BCUT2D eigenvalue weighted by Crippen LogP contribution is 2.11. The predicted octanol–water partition coefficient (Wildman–Crippen LogP) is 2.07. The number of rotatable bonds is 5. The molecule has 0 aromatic carbocycles. The molecule has 3 heterocycles. The number of amides is 1. The highest BCUT2D eigenvalue weighted by molar-refractivity contribution is 7.09. The maximum absolute atomic E-state index is 12.0. The number of fused-ring (bicyclic) bond motifs is 1. The zero-order valence-corrected chi connectivity index (χ0v) is 12.4. The largest absolute Gasteiger partial charge is 0.345 e. The molecule has 7 heteroatoms. The second-order valence-corrected chi connectivity index (χ2v) is 5.56. The second-order valence-electron chi connectivity index (χ2n) is 4.62. The summed E-state index contributed by atoms with van der Waals surface area (Å²) in [6, 6.07) is 1.83. The van der Waals surface area contributed by atoms with Crippen molar-refractivity contribution in [3.8, 4) is 0 Å². The Bertz CT molecular complexity index is 730. The van der Waals surface area contributed by atoms with E-state index < -0.39 is 0 Å². The number of thiazole rings is 1. The van der Waals surface area contributed by atoms with Gasteiger partial charge < -0.3 is 5.32 Å². The molecule has 0 bridgehead atoms. The smallest absolute Gasteiger partial charge is 0.271 e. The second kappa shape index (κ2) is 6.01. The normalized spacial score (nSPS) is 10.9. The summed E-state index contributed by atoms with van der Waals surface area (Å²) in [4.78, 5) is 24.8. The summed E-state index contributed by atoms with van der Waals surface area (Å²) in [5.74, 6) is 0.458. The average Bonchev–Trinajstić information content (AvgIpc) is 3.11. The maximum Gasteiger partial charge on any atom is 0.271 e. The molecule has 0 atom stereocenters. The molecular weight excluding hydrogens is 286 g/mol. The fraction of sp³-hybridized carbons (Fsp3) is 0.286. The van der Waals surface area contributed by atoms with Crippen molar-refractivity contribution >= 4 is 23.0 Å². The van der Waals surface area contributed by atoms with Gasteiger partial charge in [-0.25, -0.2) is 15.0 Å². The molecule has 0 unspecified atom stereocenters. The molecule has 1 N–H and O–H groups in total. The van der Waals surface area contributed by atoms with Crippen LogP contribution in [0.3, 0.4) is 0 Å². The monoisotopic (exact) mass is 301 g/mol. The molecule has 3 rings (SSSR count). The first-order valence-electron chi connectivity index (χ1n) is 6.77. The van der Waals surface area contributed by atoms with Crippen LogP contribution in [0.15, 0.2) is 30.0 Å². The van der Waals surface area contributed by atoms with Gasteiger partial charge in [-0.3, -0.25) is 9.20 Å². The molecule has 0 aliphatic rings. The number of nitrogens with zero attached hydrogens (tertiary/aromatic N) is 4. The van der Waals surface area contributed by atoms with Crippen molar-refractivity contribution in [2.45, 2.75) is 26.3 Å². The van der Waals surface area contributed by atoms with E-state index in [1.165, 1.54) is 11.3 Å². The van der Waals surface area contributed by atoms with Gasteiger partial charge in [-0.15, -0.1) is 11.3 Å². The summed E-state index contributed by atoms with van der Waals surface area (Å²) in [7, 11) is 0. The van der Waals surface area contributed by atoms with Crippen LogP contribution in [0.1, 0.15) is 34.5 Å². The van der Waals surface area contributed by atoms with Crippen LogP contribution in [0.5, 0.6) is 0 Å². The predicted molar refractivity (Wildman–Crippen MR) is 80.3 cm³/mol. The molecule has 108 valence electrons. The van der Waals surface area contributed by atoms with Crippen LogP contribution < -0.4 is 5.32 Å². The number of hydrogen-bond donors (Lipinski definition) is 1. The average molecular weight is 301 g/mol. The number of carbonyl (C=O) groups excluding carboxylic acids is 1. The standard InChI is InChI=1S/C14H15N5OS/c1-2-4-12-18-11(9-21-12)13(20)16-7-10-8-19-6-3-5-15-14(19)17-10/h3,5-6,8-9H,2,4,7H2,1H3,(H,16,20). The SMILES string of the molecule is CCCc1nc(C(=O)NCc2cn3cccnc3n2)cs1. The molecule has 1 amide bonds. The van der Waals surface area contributed by atoms with Gasteiger partial charge in [-0.2, -0.15) is 0 Å². The fourth-order valence-corrected chi connectivity index (χ4v) is 2.85. The van der Waals surface area contributed by atoms with Gasteiger partial charge in [-0.1, -0.05) is 6.92 Å². The van der Waals surface area contributed by atoms with Gasteiger partial charge in [0.1, 0.15) is 5.69 Å². The first-order chi connectivity index (χ1) is 10.3. The Morgan fingerprint density at radius 2 is 2.33 bits per heavy atom. The molecule has 0 spiro atoms. The van der Waals surface area contributed by atoms with Crippen LogP contribution in [-0.4, -0.2) is 25.3 Å². The molecule has 3 aromatic heterocycles. The summed E-state index contributed by atoms with van der Waals surface area (Å²) in [6.45, 7) is 2.46. The van der Waals surface area contributed by atoms with Crippen LogP contribution >= 0.6 is 11.3 Å². The molecule has 21 heavy (non-hydrogen) atoms. The summed E-state index contributed by atoms with van der Waals surface area (Å²) in [6.07, 6.45) is 7.36. The topological polar surface area (TPSA) is 72.2 Å². The third kappa shape index (κ3) is 3.08.